The number of carboxylic acid groups (broad SMARTS) is 1. The van der Waals surface area contributed by atoms with Crippen molar-refractivity contribution in [3.8, 4) is 0 Å². The maximum atomic E-state index is 12.9. The van der Waals surface area contributed by atoms with Gasteiger partial charge in [0.2, 0.25) is 5.91 Å². The van der Waals surface area contributed by atoms with Crippen LogP contribution < -0.4 is 0 Å². The lowest BCUT2D eigenvalue weighted by molar-refractivity contribution is -0.135. The van der Waals surface area contributed by atoms with E-state index in [1.807, 2.05) is 25.7 Å². The van der Waals surface area contributed by atoms with Gasteiger partial charge in [0.15, 0.2) is 0 Å². The van der Waals surface area contributed by atoms with Crippen LogP contribution in [0.4, 0.5) is 4.79 Å². The van der Waals surface area contributed by atoms with E-state index >= 15 is 0 Å². The maximum absolute atomic E-state index is 12.9. The normalized spacial score (nSPS) is 23.6. The number of piperidine rings is 1. The first-order chi connectivity index (χ1) is 13.6. The summed E-state index contributed by atoms with van der Waals surface area (Å²) in [5, 5.41) is 14.9. The Bertz CT molecular complexity index is 679. The summed E-state index contributed by atoms with van der Waals surface area (Å²) < 4.78 is 5.44. The van der Waals surface area contributed by atoms with Crippen molar-refractivity contribution in [2.75, 3.05) is 32.7 Å². The summed E-state index contributed by atoms with van der Waals surface area (Å²) in [5.74, 6) is -0.599. The van der Waals surface area contributed by atoms with Crippen molar-refractivity contribution in [3.05, 3.63) is 0 Å². The molecule has 3 aliphatic heterocycles. The van der Waals surface area contributed by atoms with Crippen LogP contribution in [0.2, 0.25) is 0 Å². The molecule has 0 bridgehead atoms. The fourth-order valence-electron chi connectivity index (χ4n) is 4.14. The Balaban J connectivity index is 1.46. The second kappa shape index (κ2) is 8.59. The van der Waals surface area contributed by atoms with Crippen molar-refractivity contribution in [1.29, 1.82) is 0 Å². The van der Waals surface area contributed by atoms with E-state index in [-0.39, 0.29) is 24.1 Å². The van der Waals surface area contributed by atoms with Crippen LogP contribution in [0, 0.1) is 5.92 Å². The van der Waals surface area contributed by atoms with Gasteiger partial charge in [0.1, 0.15) is 17.4 Å². The van der Waals surface area contributed by atoms with Crippen LogP contribution >= 0.6 is 0 Å². The van der Waals surface area contributed by atoms with Gasteiger partial charge in [-0.05, 0) is 52.4 Å². The molecular weight excluding hydrogens is 376 g/mol. The minimum atomic E-state index is -1.05. The van der Waals surface area contributed by atoms with Crippen molar-refractivity contribution < 1.29 is 24.2 Å². The molecule has 0 aromatic carbocycles. The number of carboxylic acids is 1. The number of amides is 2. The van der Waals surface area contributed by atoms with Gasteiger partial charge in [-0.15, -0.1) is 0 Å². The molecule has 29 heavy (non-hydrogen) atoms. The van der Waals surface area contributed by atoms with Gasteiger partial charge >= 0.3 is 12.1 Å². The van der Waals surface area contributed by atoms with E-state index in [0.717, 1.165) is 25.7 Å². The SMILES string of the molecule is CC(C)(C)OC(=O)N1CCC(CCN2CCCN3N=C(C(=O)O)C[C@H]3C2=O)CC1. The van der Waals surface area contributed by atoms with E-state index in [1.165, 1.54) is 0 Å². The Morgan fingerprint density at radius 1 is 1.17 bits per heavy atom. The Kier molecular flexibility index (Phi) is 6.33. The first-order valence-corrected chi connectivity index (χ1v) is 10.5. The van der Waals surface area contributed by atoms with E-state index < -0.39 is 17.6 Å². The number of nitrogens with zero attached hydrogens (tertiary/aromatic N) is 4. The lowest BCUT2D eigenvalue weighted by atomic mass is 9.93. The topological polar surface area (TPSA) is 103 Å². The van der Waals surface area contributed by atoms with Crippen LogP contribution in [0.25, 0.3) is 0 Å². The molecule has 3 heterocycles. The van der Waals surface area contributed by atoms with Crippen molar-refractivity contribution in [2.45, 2.75) is 64.5 Å². The molecule has 162 valence electrons. The average Bonchev–Trinajstić information content (AvgIpc) is 3.01. The van der Waals surface area contributed by atoms with Gasteiger partial charge in [-0.3, -0.25) is 9.80 Å². The Morgan fingerprint density at radius 3 is 2.48 bits per heavy atom. The summed E-state index contributed by atoms with van der Waals surface area (Å²) in [4.78, 5) is 39.9. The molecule has 0 radical (unpaired) electrons. The van der Waals surface area contributed by atoms with Gasteiger partial charge in [0.05, 0.1) is 0 Å². The Hall–Kier alpha value is -2.32. The molecule has 2 amide bonds. The highest BCUT2D eigenvalue weighted by molar-refractivity contribution is 6.36. The summed E-state index contributed by atoms with van der Waals surface area (Å²) in [5.41, 5.74) is -0.418. The Morgan fingerprint density at radius 2 is 1.86 bits per heavy atom. The molecule has 9 nitrogen and oxygen atoms in total. The van der Waals surface area contributed by atoms with E-state index in [9.17, 15) is 14.4 Å². The molecule has 0 aromatic rings. The van der Waals surface area contributed by atoms with Gasteiger partial charge in [0.25, 0.3) is 0 Å². The number of hydrogen-bond acceptors (Lipinski definition) is 6. The number of carbonyl (C=O) groups excluding carboxylic acids is 2. The number of carbonyl (C=O) groups is 3. The molecule has 0 aliphatic carbocycles. The number of ether oxygens (including phenoxy) is 1. The summed E-state index contributed by atoms with van der Waals surface area (Å²) in [6, 6.07) is -0.474. The van der Waals surface area contributed by atoms with Gasteiger partial charge in [0, 0.05) is 39.1 Å². The second-order valence-electron chi connectivity index (χ2n) is 9.11. The van der Waals surface area contributed by atoms with Gasteiger partial charge in [-0.2, -0.15) is 5.10 Å². The third-order valence-corrected chi connectivity index (χ3v) is 5.73. The summed E-state index contributed by atoms with van der Waals surface area (Å²) in [7, 11) is 0. The summed E-state index contributed by atoms with van der Waals surface area (Å²) in [6.45, 7) is 8.92. The van der Waals surface area contributed by atoms with Crippen molar-refractivity contribution >= 4 is 23.7 Å². The summed E-state index contributed by atoms with van der Waals surface area (Å²) in [6.07, 6.45) is 3.42. The van der Waals surface area contributed by atoms with Crippen molar-refractivity contribution in [2.24, 2.45) is 11.0 Å². The zero-order valence-corrected chi connectivity index (χ0v) is 17.6. The number of likely N-dealkylation sites (tertiary alicyclic amines) is 1. The predicted molar refractivity (Wildman–Crippen MR) is 107 cm³/mol. The third-order valence-electron chi connectivity index (χ3n) is 5.73. The van der Waals surface area contributed by atoms with Crippen LogP contribution in [-0.2, 0) is 14.3 Å². The molecule has 3 rings (SSSR count). The number of hydrazone groups is 1. The largest absolute Gasteiger partial charge is 0.477 e. The second-order valence-corrected chi connectivity index (χ2v) is 9.11. The number of rotatable bonds is 4. The highest BCUT2D eigenvalue weighted by Crippen LogP contribution is 2.25. The van der Waals surface area contributed by atoms with E-state index in [0.29, 0.717) is 38.6 Å². The number of aliphatic carboxylic acids is 1. The van der Waals surface area contributed by atoms with Crippen LogP contribution in [-0.4, -0.2) is 88.0 Å². The molecule has 3 aliphatic rings. The summed E-state index contributed by atoms with van der Waals surface area (Å²) >= 11 is 0. The molecular formula is C20H32N4O5. The van der Waals surface area contributed by atoms with E-state index in [2.05, 4.69) is 5.10 Å². The fourth-order valence-corrected chi connectivity index (χ4v) is 4.14. The van der Waals surface area contributed by atoms with Crippen molar-refractivity contribution in [3.63, 3.8) is 0 Å². The highest BCUT2D eigenvalue weighted by Gasteiger charge is 2.39. The first-order valence-electron chi connectivity index (χ1n) is 10.5. The zero-order valence-electron chi connectivity index (χ0n) is 17.6. The smallest absolute Gasteiger partial charge is 0.410 e. The first kappa shape index (κ1) is 21.4. The van der Waals surface area contributed by atoms with Crippen LogP contribution in [0.3, 0.4) is 0 Å². The van der Waals surface area contributed by atoms with Gasteiger partial charge in [-0.25, -0.2) is 9.59 Å². The molecule has 0 spiro atoms. The molecule has 0 unspecified atom stereocenters. The number of fused-ring (bicyclic) bond motifs is 1. The molecule has 9 heteroatoms. The maximum Gasteiger partial charge on any atom is 0.410 e. The van der Waals surface area contributed by atoms with E-state index in [1.54, 1.807) is 9.91 Å². The predicted octanol–water partition coefficient (Wildman–Crippen LogP) is 1.77. The number of hydrogen-bond donors (Lipinski definition) is 1. The lowest BCUT2D eigenvalue weighted by Gasteiger charge is -2.34. The third kappa shape index (κ3) is 5.39. The van der Waals surface area contributed by atoms with Gasteiger partial charge in [-0.1, -0.05) is 0 Å². The van der Waals surface area contributed by atoms with E-state index in [4.69, 9.17) is 9.84 Å². The van der Waals surface area contributed by atoms with Crippen LogP contribution in [0.1, 0.15) is 52.9 Å². The quantitative estimate of drug-likeness (QED) is 0.761. The molecule has 0 saturated carbocycles. The molecule has 1 N–H and O–H groups in total. The fraction of sp³-hybridized carbons (Fsp3) is 0.800. The minimum Gasteiger partial charge on any atom is -0.477 e. The highest BCUT2D eigenvalue weighted by atomic mass is 16.6. The Labute approximate surface area is 171 Å². The lowest BCUT2D eigenvalue weighted by Crippen LogP contribution is -2.44. The average molecular weight is 408 g/mol. The van der Waals surface area contributed by atoms with Crippen molar-refractivity contribution in [1.82, 2.24) is 14.8 Å². The van der Waals surface area contributed by atoms with Crippen LogP contribution in [0.15, 0.2) is 5.10 Å². The van der Waals surface area contributed by atoms with Gasteiger partial charge < -0.3 is 19.6 Å². The molecule has 2 saturated heterocycles. The minimum absolute atomic E-state index is 0.0197. The van der Waals surface area contributed by atoms with Crippen LogP contribution in [0.5, 0.6) is 0 Å². The monoisotopic (exact) mass is 408 g/mol. The molecule has 2 fully saturated rings. The zero-order chi connectivity index (χ0) is 21.2. The molecule has 1 atom stereocenters. The standard InChI is InChI=1S/C20H32N4O5/c1-20(2,3)29-19(28)23-11-6-14(7-12-23)5-10-22-8-4-9-24-16(17(22)25)13-15(21-24)18(26)27/h14,16H,4-13H2,1-3H3,(H,26,27)/t16-/m0/s1. The molecule has 0 aromatic heterocycles.